The molecule has 1 fully saturated rings. The number of rotatable bonds is 4. The van der Waals surface area contributed by atoms with E-state index in [0.717, 1.165) is 26.2 Å². The molecular weight excluding hydrogens is 178 g/mol. The van der Waals surface area contributed by atoms with Gasteiger partial charge in [-0.3, -0.25) is 4.79 Å². The van der Waals surface area contributed by atoms with E-state index in [4.69, 9.17) is 0 Å². The molecule has 1 aliphatic rings. The Morgan fingerprint density at radius 3 is 2.79 bits per heavy atom. The fourth-order valence-electron chi connectivity index (χ4n) is 1.81. The van der Waals surface area contributed by atoms with Crippen molar-refractivity contribution >= 4 is 5.91 Å². The Bertz CT molecular complexity index is 196. The van der Waals surface area contributed by atoms with Crippen LogP contribution in [0.3, 0.4) is 0 Å². The summed E-state index contributed by atoms with van der Waals surface area (Å²) in [5.74, 6) is 0.925. The number of nitrogens with one attached hydrogen (secondary N) is 2. The lowest BCUT2D eigenvalue weighted by atomic mass is 9.97. The average molecular weight is 199 g/mol. The van der Waals surface area contributed by atoms with Gasteiger partial charge >= 0.3 is 0 Å². The van der Waals surface area contributed by atoms with Gasteiger partial charge in [-0.05, 0) is 19.5 Å². The summed E-state index contributed by atoms with van der Waals surface area (Å²) in [5, 5.41) is 6.30. The molecule has 0 spiro atoms. The Morgan fingerprint density at radius 1 is 1.57 bits per heavy atom. The molecule has 0 bridgehead atoms. The molecule has 1 rings (SSSR count). The summed E-state index contributed by atoms with van der Waals surface area (Å²) >= 11 is 0. The first-order chi connectivity index (χ1) is 6.66. The van der Waals surface area contributed by atoms with E-state index in [0.29, 0.717) is 5.92 Å². The summed E-state index contributed by atoms with van der Waals surface area (Å²) in [6.07, 6.45) is 0. The van der Waals surface area contributed by atoms with Gasteiger partial charge in [0.2, 0.25) is 5.91 Å². The molecule has 0 aromatic carbocycles. The smallest absolute Gasteiger partial charge is 0.227 e. The molecule has 0 aromatic heterocycles. The zero-order chi connectivity index (χ0) is 10.6. The maximum Gasteiger partial charge on any atom is 0.227 e. The van der Waals surface area contributed by atoms with Crippen LogP contribution in [-0.4, -0.2) is 51.1 Å². The lowest BCUT2D eigenvalue weighted by Gasteiger charge is -2.22. The van der Waals surface area contributed by atoms with Crippen molar-refractivity contribution in [1.82, 2.24) is 15.5 Å². The highest BCUT2D eigenvalue weighted by molar-refractivity contribution is 5.79. The molecule has 2 atom stereocenters. The van der Waals surface area contributed by atoms with Gasteiger partial charge in [0, 0.05) is 26.7 Å². The molecule has 0 aromatic rings. The average Bonchev–Trinajstić information content (AvgIpc) is 2.59. The van der Waals surface area contributed by atoms with Crippen LogP contribution in [0.2, 0.25) is 0 Å². The molecule has 0 aliphatic carbocycles. The number of carbonyl (C=O) groups is 1. The fourth-order valence-corrected chi connectivity index (χ4v) is 1.81. The van der Waals surface area contributed by atoms with Crippen LogP contribution in [0.5, 0.6) is 0 Å². The second-order valence-corrected chi connectivity index (χ2v) is 4.11. The van der Waals surface area contributed by atoms with Gasteiger partial charge in [0.25, 0.3) is 0 Å². The van der Waals surface area contributed by atoms with Gasteiger partial charge in [0.05, 0.1) is 5.92 Å². The van der Waals surface area contributed by atoms with Gasteiger partial charge in [0.1, 0.15) is 0 Å². The van der Waals surface area contributed by atoms with E-state index in [1.165, 1.54) is 0 Å². The molecule has 1 saturated heterocycles. The fraction of sp³-hybridized carbons (Fsp3) is 0.900. The molecule has 0 unspecified atom stereocenters. The van der Waals surface area contributed by atoms with Gasteiger partial charge in [-0.2, -0.15) is 0 Å². The van der Waals surface area contributed by atoms with Crippen molar-refractivity contribution in [2.45, 2.75) is 6.92 Å². The molecular formula is C10H21N3O. The van der Waals surface area contributed by atoms with E-state index in [1.807, 2.05) is 19.0 Å². The van der Waals surface area contributed by atoms with E-state index in [9.17, 15) is 4.79 Å². The second kappa shape index (κ2) is 5.32. The van der Waals surface area contributed by atoms with Crippen LogP contribution < -0.4 is 10.6 Å². The van der Waals surface area contributed by atoms with Crippen molar-refractivity contribution in [2.75, 3.05) is 40.3 Å². The number of hydrogen-bond donors (Lipinski definition) is 2. The minimum atomic E-state index is 0.178. The largest absolute Gasteiger partial charge is 0.344 e. The zero-order valence-electron chi connectivity index (χ0n) is 9.34. The van der Waals surface area contributed by atoms with Crippen LogP contribution in [0, 0.1) is 11.8 Å². The van der Waals surface area contributed by atoms with Gasteiger partial charge < -0.3 is 15.5 Å². The monoisotopic (exact) mass is 199 g/mol. The summed E-state index contributed by atoms with van der Waals surface area (Å²) in [7, 11) is 3.78. The molecule has 4 nitrogen and oxygen atoms in total. The number of carbonyl (C=O) groups excluding carboxylic acids is 1. The topological polar surface area (TPSA) is 44.4 Å². The highest BCUT2D eigenvalue weighted by atomic mass is 16.2. The van der Waals surface area contributed by atoms with Gasteiger partial charge in [-0.15, -0.1) is 0 Å². The number of hydrogen-bond acceptors (Lipinski definition) is 3. The standard InChI is InChI=1S/C10H21N3O/c1-8-6-12-7-9(8)10(14)13(3)5-4-11-2/h8-9,11-12H,4-7H2,1-3H3/t8-,9-/m1/s1. The van der Waals surface area contributed by atoms with Gasteiger partial charge in [-0.25, -0.2) is 0 Å². The summed E-state index contributed by atoms with van der Waals surface area (Å²) in [4.78, 5) is 13.7. The Morgan fingerprint density at radius 2 is 2.29 bits per heavy atom. The van der Waals surface area contributed by atoms with E-state index < -0.39 is 0 Å². The molecule has 1 amide bonds. The highest BCUT2D eigenvalue weighted by Crippen LogP contribution is 2.17. The number of nitrogens with zero attached hydrogens (tertiary/aromatic N) is 1. The Kier molecular flexibility index (Phi) is 4.35. The molecule has 0 radical (unpaired) electrons. The molecule has 1 heterocycles. The van der Waals surface area contributed by atoms with Crippen molar-refractivity contribution in [3.8, 4) is 0 Å². The summed E-state index contributed by atoms with van der Waals surface area (Å²) in [6, 6.07) is 0. The molecule has 14 heavy (non-hydrogen) atoms. The molecule has 0 saturated carbocycles. The van der Waals surface area contributed by atoms with Crippen LogP contribution in [0.1, 0.15) is 6.92 Å². The maximum absolute atomic E-state index is 11.9. The number of likely N-dealkylation sites (N-methyl/N-ethyl adjacent to an activating group) is 2. The predicted octanol–water partition coefficient (Wildman–Crippen LogP) is -0.480. The van der Waals surface area contributed by atoms with Gasteiger partial charge in [-0.1, -0.05) is 6.92 Å². The first-order valence-corrected chi connectivity index (χ1v) is 5.27. The van der Waals surface area contributed by atoms with Crippen molar-refractivity contribution in [2.24, 2.45) is 11.8 Å². The van der Waals surface area contributed by atoms with Crippen LogP contribution >= 0.6 is 0 Å². The third-order valence-corrected chi connectivity index (χ3v) is 2.91. The molecule has 1 aliphatic heterocycles. The van der Waals surface area contributed by atoms with Crippen molar-refractivity contribution in [3.63, 3.8) is 0 Å². The van der Waals surface area contributed by atoms with Crippen LogP contribution in [0.25, 0.3) is 0 Å². The second-order valence-electron chi connectivity index (χ2n) is 4.11. The normalized spacial score (nSPS) is 26.5. The van der Waals surface area contributed by atoms with E-state index in [2.05, 4.69) is 17.6 Å². The predicted molar refractivity (Wildman–Crippen MR) is 57.1 cm³/mol. The van der Waals surface area contributed by atoms with Crippen molar-refractivity contribution in [3.05, 3.63) is 0 Å². The number of amides is 1. The highest BCUT2D eigenvalue weighted by Gasteiger charge is 2.31. The molecule has 82 valence electrons. The quantitative estimate of drug-likeness (QED) is 0.643. The molecule has 2 N–H and O–H groups in total. The first-order valence-electron chi connectivity index (χ1n) is 5.27. The Labute approximate surface area is 86.0 Å². The SMILES string of the molecule is CNCCN(C)C(=O)[C@@H]1CNC[C@H]1C. The summed E-state index contributed by atoms with van der Waals surface area (Å²) in [5.41, 5.74) is 0. The third kappa shape index (κ3) is 2.69. The zero-order valence-corrected chi connectivity index (χ0v) is 9.34. The van der Waals surface area contributed by atoms with E-state index in [-0.39, 0.29) is 11.8 Å². The molecule has 4 heteroatoms. The van der Waals surface area contributed by atoms with Crippen LogP contribution in [0.15, 0.2) is 0 Å². The van der Waals surface area contributed by atoms with Crippen LogP contribution in [-0.2, 0) is 4.79 Å². The Hall–Kier alpha value is -0.610. The van der Waals surface area contributed by atoms with Crippen LogP contribution in [0.4, 0.5) is 0 Å². The summed E-state index contributed by atoms with van der Waals surface area (Å²) in [6.45, 7) is 5.59. The Balaban J connectivity index is 2.39. The summed E-state index contributed by atoms with van der Waals surface area (Å²) < 4.78 is 0. The van der Waals surface area contributed by atoms with E-state index >= 15 is 0 Å². The lowest BCUT2D eigenvalue weighted by Crippen LogP contribution is -2.39. The first kappa shape index (κ1) is 11.5. The third-order valence-electron chi connectivity index (χ3n) is 2.91. The minimum absolute atomic E-state index is 0.178. The van der Waals surface area contributed by atoms with Gasteiger partial charge in [0.15, 0.2) is 0 Å². The lowest BCUT2D eigenvalue weighted by molar-refractivity contribution is -0.134. The van der Waals surface area contributed by atoms with Crippen molar-refractivity contribution < 1.29 is 4.79 Å². The van der Waals surface area contributed by atoms with E-state index in [1.54, 1.807) is 0 Å². The minimum Gasteiger partial charge on any atom is -0.344 e. The maximum atomic E-state index is 11.9. The van der Waals surface area contributed by atoms with Crippen molar-refractivity contribution in [1.29, 1.82) is 0 Å².